The Hall–Kier alpha value is -1.86. The van der Waals surface area contributed by atoms with Crippen LogP contribution in [0.5, 0.6) is 5.75 Å². The summed E-state index contributed by atoms with van der Waals surface area (Å²) in [5.74, 6) is 0.699. The van der Waals surface area contributed by atoms with Gasteiger partial charge in [0.15, 0.2) is 5.75 Å². The van der Waals surface area contributed by atoms with Crippen molar-refractivity contribution in [2.24, 2.45) is 17.6 Å². The number of carbonyl (C=O) groups is 1. The van der Waals surface area contributed by atoms with E-state index in [4.69, 9.17) is 10.5 Å². The number of benzene rings is 1. The van der Waals surface area contributed by atoms with Crippen LogP contribution in [0.1, 0.15) is 42.5 Å². The number of nitro benzene ring substituents is 1. The van der Waals surface area contributed by atoms with Gasteiger partial charge in [0.05, 0.1) is 12.0 Å². The number of amides is 1. The highest BCUT2D eigenvalue weighted by molar-refractivity contribution is 5.95. The standard InChI is InChI=1S/C17H23N3O4.ClH/c1-24-15-6-5-12(9-14(15)20(22)23)17(21)19-16-10-3-2-4-11(16)8-13(18)7-10;/h5-6,9-11,13,16H,2-4,7-8,18H2,1H3,(H,19,21);1H. The van der Waals surface area contributed by atoms with E-state index in [1.807, 2.05) is 0 Å². The molecule has 2 saturated carbocycles. The Labute approximate surface area is 152 Å². The molecular weight excluding hydrogens is 346 g/mol. The molecule has 0 aliphatic heterocycles. The third-order valence-electron chi connectivity index (χ3n) is 5.31. The Morgan fingerprint density at radius 2 is 1.96 bits per heavy atom. The summed E-state index contributed by atoms with van der Waals surface area (Å²) in [4.78, 5) is 23.2. The molecule has 8 heteroatoms. The molecule has 2 aliphatic carbocycles. The third-order valence-corrected chi connectivity index (χ3v) is 5.31. The van der Waals surface area contributed by atoms with Crippen molar-refractivity contribution in [2.75, 3.05) is 7.11 Å². The van der Waals surface area contributed by atoms with E-state index in [-0.39, 0.29) is 47.4 Å². The van der Waals surface area contributed by atoms with Crippen molar-refractivity contribution in [1.29, 1.82) is 0 Å². The molecule has 1 aromatic rings. The molecule has 2 fully saturated rings. The number of nitro groups is 1. The number of methoxy groups -OCH3 is 1. The molecule has 3 N–H and O–H groups in total. The van der Waals surface area contributed by atoms with E-state index in [0.717, 1.165) is 25.7 Å². The van der Waals surface area contributed by atoms with Gasteiger partial charge in [0.25, 0.3) is 5.91 Å². The van der Waals surface area contributed by atoms with Gasteiger partial charge in [0.2, 0.25) is 0 Å². The fourth-order valence-corrected chi connectivity index (χ4v) is 4.23. The summed E-state index contributed by atoms with van der Waals surface area (Å²) >= 11 is 0. The SMILES string of the molecule is COc1ccc(C(=O)NC2C3CCCC2CC(N)C3)cc1[N+](=O)[O-].Cl. The molecule has 138 valence electrons. The van der Waals surface area contributed by atoms with Gasteiger partial charge in [-0.25, -0.2) is 0 Å². The van der Waals surface area contributed by atoms with Crippen LogP contribution in [-0.4, -0.2) is 30.0 Å². The average Bonchev–Trinajstić information content (AvgIpc) is 2.54. The predicted octanol–water partition coefficient (Wildman–Crippen LogP) is 2.66. The lowest BCUT2D eigenvalue weighted by Gasteiger charge is -2.45. The van der Waals surface area contributed by atoms with Gasteiger partial charge in [-0.15, -0.1) is 12.4 Å². The minimum atomic E-state index is -0.538. The fourth-order valence-electron chi connectivity index (χ4n) is 4.23. The molecule has 7 nitrogen and oxygen atoms in total. The predicted molar refractivity (Wildman–Crippen MR) is 96.2 cm³/mol. The van der Waals surface area contributed by atoms with Crippen molar-refractivity contribution in [3.63, 3.8) is 0 Å². The molecule has 2 bridgehead atoms. The summed E-state index contributed by atoms with van der Waals surface area (Å²) < 4.78 is 4.98. The molecule has 0 radical (unpaired) electrons. The van der Waals surface area contributed by atoms with Crippen LogP contribution in [0.3, 0.4) is 0 Å². The summed E-state index contributed by atoms with van der Waals surface area (Å²) in [5.41, 5.74) is 6.20. The first kappa shape index (κ1) is 19.5. The summed E-state index contributed by atoms with van der Waals surface area (Å²) in [7, 11) is 1.37. The zero-order valence-electron chi connectivity index (χ0n) is 14.1. The quantitative estimate of drug-likeness (QED) is 0.626. The lowest BCUT2D eigenvalue weighted by atomic mass is 9.67. The Kier molecular flexibility index (Phi) is 6.24. The van der Waals surface area contributed by atoms with E-state index in [1.165, 1.54) is 25.7 Å². The van der Waals surface area contributed by atoms with E-state index in [1.54, 1.807) is 6.07 Å². The van der Waals surface area contributed by atoms with Crippen LogP contribution >= 0.6 is 12.4 Å². The molecule has 0 heterocycles. The monoisotopic (exact) mass is 369 g/mol. The van der Waals surface area contributed by atoms with E-state index in [9.17, 15) is 14.9 Å². The summed E-state index contributed by atoms with van der Waals surface area (Å²) in [6.45, 7) is 0. The first-order chi connectivity index (χ1) is 11.5. The zero-order valence-corrected chi connectivity index (χ0v) is 15.0. The molecule has 1 aromatic carbocycles. The van der Waals surface area contributed by atoms with Crippen LogP contribution in [-0.2, 0) is 0 Å². The number of rotatable bonds is 4. The Bertz CT molecular complexity index is 641. The second-order valence-electron chi connectivity index (χ2n) is 6.83. The Morgan fingerprint density at radius 1 is 1.32 bits per heavy atom. The van der Waals surface area contributed by atoms with Crippen molar-refractivity contribution in [3.8, 4) is 5.75 Å². The normalized spacial score (nSPS) is 27.8. The van der Waals surface area contributed by atoms with E-state index in [0.29, 0.717) is 11.8 Å². The van der Waals surface area contributed by atoms with Crippen molar-refractivity contribution in [3.05, 3.63) is 33.9 Å². The first-order valence-electron chi connectivity index (χ1n) is 8.38. The van der Waals surface area contributed by atoms with E-state index >= 15 is 0 Å². The zero-order chi connectivity index (χ0) is 17.3. The van der Waals surface area contributed by atoms with Crippen molar-refractivity contribution < 1.29 is 14.5 Å². The lowest BCUT2D eigenvalue weighted by Crippen LogP contribution is -2.53. The van der Waals surface area contributed by atoms with Gasteiger partial charge in [-0.2, -0.15) is 0 Å². The van der Waals surface area contributed by atoms with Crippen molar-refractivity contribution in [2.45, 2.75) is 44.2 Å². The number of ether oxygens (including phenoxy) is 1. The molecule has 25 heavy (non-hydrogen) atoms. The summed E-state index contributed by atoms with van der Waals surface area (Å²) in [6.07, 6.45) is 5.21. The molecule has 1 amide bonds. The van der Waals surface area contributed by atoms with Gasteiger partial charge >= 0.3 is 5.69 Å². The van der Waals surface area contributed by atoms with Crippen LogP contribution in [0.15, 0.2) is 18.2 Å². The number of halogens is 1. The van der Waals surface area contributed by atoms with Crippen LogP contribution < -0.4 is 15.8 Å². The maximum Gasteiger partial charge on any atom is 0.311 e. The molecule has 0 aromatic heterocycles. The highest BCUT2D eigenvalue weighted by Crippen LogP contribution is 2.40. The molecule has 0 spiro atoms. The van der Waals surface area contributed by atoms with Crippen LogP contribution in [0.4, 0.5) is 5.69 Å². The first-order valence-corrected chi connectivity index (χ1v) is 8.38. The highest BCUT2D eigenvalue weighted by atomic mass is 35.5. The highest BCUT2D eigenvalue weighted by Gasteiger charge is 2.40. The van der Waals surface area contributed by atoms with Gasteiger partial charge < -0.3 is 15.8 Å². The number of nitrogens with zero attached hydrogens (tertiary/aromatic N) is 1. The summed E-state index contributed by atoms with van der Waals surface area (Å²) in [6, 6.07) is 4.64. The molecular formula is C17H24ClN3O4. The van der Waals surface area contributed by atoms with Crippen molar-refractivity contribution >= 4 is 24.0 Å². The number of hydrogen-bond donors (Lipinski definition) is 2. The topological polar surface area (TPSA) is 107 Å². The van der Waals surface area contributed by atoms with Gasteiger partial charge in [-0.3, -0.25) is 14.9 Å². The summed E-state index contributed by atoms with van der Waals surface area (Å²) in [5, 5.41) is 14.2. The average molecular weight is 370 g/mol. The maximum atomic E-state index is 12.6. The Balaban J connectivity index is 0.00000225. The number of nitrogens with two attached hydrogens (primary N) is 1. The van der Waals surface area contributed by atoms with E-state index in [2.05, 4.69) is 5.32 Å². The number of fused-ring (bicyclic) bond motifs is 2. The second kappa shape index (κ2) is 8.01. The van der Waals surface area contributed by atoms with Crippen molar-refractivity contribution in [1.82, 2.24) is 5.32 Å². The van der Waals surface area contributed by atoms with Gasteiger partial charge in [-0.05, 0) is 49.7 Å². The number of nitrogens with one attached hydrogen (secondary N) is 1. The molecule has 0 saturated heterocycles. The van der Waals surface area contributed by atoms with Gasteiger partial charge in [0.1, 0.15) is 0 Å². The minimum absolute atomic E-state index is 0. The van der Waals surface area contributed by atoms with E-state index < -0.39 is 4.92 Å². The Morgan fingerprint density at radius 3 is 2.52 bits per heavy atom. The van der Waals surface area contributed by atoms with Gasteiger partial charge in [-0.1, -0.05) is 6.42 Å². The largest absolute Gasteiger partial charge is 0.490 e. The molecule has 2 aliphatic rings. The van der Waals surface area contributed by atoms with Gasteiger partial charge in [0, 0.05) is 23.7 Å². The smallest absolute Gasteiger partial charge is 0.311 e. The number of carbonyl (C=O) groups excluding carboxylic acids is 1. The fraction of sp³-hybridized carbons (Fsp3) is 0.588. The maximum absolute atomic E-state index is 12.6. The van der Waals surface area contributed by atoms with Crippen LogP contribution in [0.2, 0.25) is 0 Å². The third kappa shape index (κ3) is 4.04. The van der Waals surface area contributed by atoms with Crippen LogP contribution in [0.25, 0.3) is 0 Å². The molecule has 2 unspecified atom stereocenters. The molecule has 3 rings (SSSR count). The van der Waals surface area contributed by atoms with Crippen LogP contribution in [0, 0.1) is 22.0 Å². The minimum Gasteiger partial charge on any atom is -0.490 e. The second-order valence-corrected chi connectivity index (χ2v) is 6.83. The molecule has 2 atom stereocenters. The number of hydrogen-bond acceptors (Lipinski definition) is 5. The lowest BCUT2D eigenvalue weighted by molar-refractivity contribution is -0.385.